The van der Waals surface area contributed by atoms with Crippen molar-refractivity contribution >= 4 is 23.8 Å². The summed E-state index contributed by atoms with van der Waals surface area (Å²) in [5.74, 6) is -0.592. The Morgan fingerprint density at radius 1 is 1.29 bits per heavy atom. The Morgan fingerprint density at radius 2 is 1.88 bits per heavy atom. The minimum atomic E-state index is -0.877. The van der Waals surface area contributed by atoms with Gasteiger partial charge in [0.1, 0.15) is 0 Å². The summed E-state index contributed by atoms with van der Waals surface area (Å²) in [5, 5.41) is 14.3. The van der Waals surface area contributed by atoms with Crippen LogP contribution in [0, 0.1) is 11.8 Å². The topological polar surface area (TPSA) is 78.4 Å². The Bertz CT molecular complexity index is 259. The second kappa shape index (κ2) is 8.22. The highest BCUT2D eigenvalue weighted by atomic mass is 32.2. The number of carboxylic acid groups (broad SMARTS) is 1. The minimum Gasteiger partial charge on any atom is -0.481 e. The van der Waals surface area contributed by atoms with Crippen molar-refractivity contribution < 1.29 is 14.7 Å². The van der Waals surface area contributed by atoms with E-state index in [1.165, 1.54) is 0 Å². The van der Waals surface area contributed by atoms with E-state index in [4.69, 9.17) is 5.11 Å². The molecule has 0 fully saturated rings. The summed E-state index contributed by atoms with van der Waals surface area (Å²) in [5.41, 5.74) is 0. The lowest BCUT2D eigenvalue weighted by atomic mass is 9.96. The van der Waals surface area contributed by atoms with Gasteiger partial charge >= 0.3 is 12.0 Å². The van der Waals surface area contributed by atoms with Crippen molar-refractivity contribution in [3.63, 3.8) is 0 Å². The van der Waals surface area contributed by atoms with Crippen LogP contribution in [0.1, 0.15) is 20.8 Å². The maximum absolute atomic E-state index is 11.5. The summed E-state index contributed by atoms with van der Waals surface area (Å²) in [6, 6.07) is -0.231. The second-order valence-corrected chi connectivity index (χ2v) is 5.31. The average molecular weight is 262 g/mol. The van der Waals surface area contributed by atoms with Crippen LogP contribution in [-0.2, 0) is 4.79 Å². The maximum atomic E-state index is 11.5. The zero-order valence-corrected chi connectivity index (χ0v) is 11.6. The first-order valence-corrected chi connectivity index (χ1v) is 7.04. The largest absolute Gasteiger partial charge is 0.481 e. The van der Waals surface area contributed by atoms with Gasteiger partial charge in [-0.25, -0.2) is 4.79 Å². The van der Waals surface area contributed by atoms with Gasteiger partial charge in [-0.15, -0.1) is 0 Å². The molecule has 0 saturated heterocycles. The Kier molecular flexibility index (Phi) is 7.78. The fourth-order valence-electron chi connectivity index (χ4n) is 1.38. The smallest absolute Gasteiger partial charge is 0.315 e. The quantitative estimate of drug-likeness (QED) is 0.648. The normalized spacial score (nSPS) is 14.2. The first-order chi connectivity index (χ1) is 7.88. The molecule has 0 rings (SSSR count). The first kappa shape index (κ1) is 16.1. The van der Waals surface area contributed by atoms with Gasteiger partial charge in [0, 0.05) is 18.3 Å². The van der Waals surface area contributed by atoms with E-state index in [1.807, 2.05) is 27.0 Å². The van der Waals surface area contributed by atoms with Gasteiger partial charge in [-0.2, -0.15) is 11.8 Å². The Balaban J connectivity index is 4.01. The molecular formula is C11H22N2O3S. The molecule has 0 aliphatic carbocycles. The molecule has 2 amide bonds. The van der Waals surface area contributed by atoms with Gasteiger partial charge in [-0.05, 0) is 19.1 Å². The summed E-state index contributed by atoms with van der Waals surface area (Å²) in [6.45, 7) is 5.72. The van der Waals surface area contributed by atoms with Crippen LogP contribution >= 0.6 is 11.8 Å². The number of rotatable bonds is 7. The molecular weight excluding hydrogens is 240 g/mol. The van der Waals surface area contributed by atoms with E-state index in [0.717, 1.165) is 5.75 Å². The summed E-state index contributed by atoms with van der Waals surface area (Å²) in [4.78, 5) is 22.4. The highest BCUT2D eigenvalue weighted by molar-refractivity contribution is 7.98. The molecule has 0 radical (unpaired) electrons. The van der Waals surface area contributed by atoms with E-state index >= 15 is 0 Å². The van der Waals surface area contributed by atoms with Crippen molar-refractivity contribution in [2.24, 2.45) is 11.8 Å². The number of aliphatic carboxylic acids is 1. The monoisotopic (exact) mass is 262 g/mol. The number of nitrogens with one attached hydrogen (secondary N) is 2. The van der Waals surface area contributed by atoms with Crippen LogP contribution in [0.3, 0.4) is 0 Å². The highest BCUT2D eigenvalue weighted by Gasteiger charge is 2.22. The zero-order valence-electron chi connectivity index (χ0n) is 10.8. The standard InChI is InChI=1S/C11H22N2O3S/c1-7(2)9(10(14)15)5-12-11(16)13-8(3)6-17-4/h7-9H,5-6H2,1-4H3,(H,14,15)(H2,12,13,16). The molecule has 0 spiro atoms. The van der Waals surface area contributed by atoms with Crippen LogP contribution in [0.4, 0.5) is 4.79 Å². The predicted molar refractivity (Wildman–Crippen MR) is 70.3 cm³/mol. The highest BCUT2D eigenvalue weighted by Crippen LogP contribution is 2.09. The molecule has 100 valence electrons. The van der Waals surface area contributed by atoms with Gasteiger partial charge in [0.2, 0.25) is 0 Å². The Morgan fingerprint density at radius 3 is 2.29 bits per heavy atom. The van der Waals surface area contributed by atoms with E-state index in [0.29, 0.717) is 0 Å². The lowest BCUT2D eigenvalue weighted by Gasteiger charge is -2.18. The first-order valence-electron chi connectivity index (χ1n) is 5.64. The van der Waals surface area contributed by atoms with Crippen LogP contribution in [-0.4, -0.2) is 41.7 Å². The summed E-state index contributed by atoms with van der Waals surface area (Å²) < 4.78 is 0. The van der Waals surface area contributed by atoms with Gasteiger partial charge in [-0.3, -0.25) is 4.79 Å². The van der Waals surface area contributed by atoms with Crippen molar-refractivity contribution in [2.45, 2.75) is 26.8 Å². The van der Waals surface area contributed by atoms with Crippen molar-refractivity contribution in [2.75, 3.05) is 18.6 Å². The van der Waals surface area contributed by atoms with E-state index < -0.39 is 11.9 Å². The number of carbonyl (C=O) groups is 2. The van der Waals surface area contributed by atoms with Crippen LogP contribution in [0.5, 0.6) is 0 Å². The van der Waals surface area contributed by atoms with Crippen LogP contribution in [0.2, 0.25) is 0 Å². The molecule has 0 aliphatic rings. The van der Waals surface area contributed by atoms with Crippen LogP contribution in [0.15, 0.2) is 0 Å². The lowest BCUT2D eigenvalue weighted by Crippen LogP contribution is -2.45. The Hall–Kier alpha value is -0.910. The summed E-state index contributed by atoms with van der Waals surface area (Å²) >= 11 is 1.65. The summed E-state index contributed by atoms with van der Waals surface area (Å²) in [7, 11) is 0. The number of carbonyl (C=O) groups excluding carboxylic acids is 1. The molecule has 0 aromatic carbocycles. The van der Waals surface area contributed by atoms with Crippen LogP contribution in [0.25, 0.3) is 0 Å². The SMILES string of the molecule is CSCC(C)NC(=O)NCC(C(=O)O)C(C)C. The maximum Gasteiger partial charge on any atom is 0.315 e. The molecule has 0 aromatic rings. The number of carboxylic acids is 1. The fourth-order valence-corrected chi connectivity index (χ4v) is 1.96. The minimum absolute atomic E-state index is 0.00331. The van der Waals surface area contributed by atoms with Gasteiger partial charge < -0.3 is 15.7 Å². The number of urea groups is 1. The molecule has 6 heteroatoms. The molecule has 5 nitrogen and oxygen atoms in total. The van der Waals surface area contributed by atoms with Gasteiger partial charge in [0.05, 0.1) is 5.92 Å². The molecule has 2 atom stereocenters. The second-order valence-electron chi connectivity index (χ2n) is 4.40. The van der Waals surface area contributed by atoms with Gasteiger partial charge in [-0.1, -0.05) is 13.8 Å². The third-order valence-electron chi connectivity index (χ3n) is 2.40. The van der Waals surface area contributed by atoms with Crippen molar-refractivity contribution in [1.82, 2.24) is 10.6 Å². The predicted octanol–water partition coefficient (Wildman–Crippen LogP) is 1.39. The van der Waals surface area contributed by atoms with E-state index in [2.05, 4.69) is 10.6 Å². The van der Waals surface area contributed by atoms with Gasteiger partial charge in [0.15, 0.2) is 0 Å². The molecule has 0 aliphatic heterocycles. The number of hydrogen-bond acceptors (Lipinski definition) is 3. The van der Waals surface area contributed by atoms with E-state index in [9.17, 15) is 9.59 Å². The molecule has 0 bridgehead atoms. The third-order valence-corrected chi connectivity index (χ3v) is 3.23. The van der Waals surface area contributed by atoms with Crippen molar-refractivity contribution in [3.05, 3.63) is 0 Å². The van der Waals surface area contributed by atoms with Crippen LogP contribution < -0.4 is 10.6 Å². The van der Waals surface area contributed by atoms with Crippen molar-refractivity contribution in [3.8, 4) is 0 Å². The molecule has 17 heavy (non-hydrogen) atoms. The molecule has 0 heterocycles. The third kappa shape index (κ3) is 7.10. The average Bonchev–Trinajstić information content (AvgIpc) is 2.16. The molecule has 2 unspecified atom stereocenters. The van der Waals surface area contributed by atoms with Crippen molar-refractivity contribution in [1.29, 1.82) is 0 Å². The zero-order chi connectivity index (χ0) is 13.4. The fraction of sp³-hybridized carbons (Fsp3) is 0.818. The van der Waals surface area contributed by atoms with Gasteiger partial charge in [0.25, 0.3) is 0 Å². The molecule has 0 aromatic heterocycles. The molecule has 3 N–H and O–H groups in total. The number of amides is 2. The number of hydrogen-bond donors (Lipinski definition) is 3. The Labute approximate surface area is 107 Å². The molecule has 0 saturated carbocycles. The van der Waals surface area contributed by atoms with E-state index in [-0.39, 0.29) is 24.5 Å². The van der Waals surface area contributed by atoms with E-state index in [1.54, 1.807) is 11.8 Å². The lowest BCUT2D eigenvalue weighted by molar-refractivity contribution is -0.142. The number of thioether (sulfide) groups is 1. The summed E-state index contributed by atoms with van der Waals surface area (Å²) in [6.07, 6.45) is 1.97.